The molecule has 0 aromatic heterocycles. The number of amides is 1. The Bertz CT molecular complexity index is 584. The molecule has 19 heavy (non-hydrogen) atoms. The van der Waals surface area contributed by atoms with Gasteiger partial charge in [-0.3, -0.25) is 4.79 Å². The van der Waals surface area contributed by atoms with Gasteiger partial charge >= 0.3 is 0 Å². The second-order valence-corrected chi connectivity index (χ2v) is 4.02. The summed E-state index contributed by atoms with van der Waals surface area (Å²) >= 11 is 0. The molecule has 0 spiro atoms. The number of carbonyl (C=O) groups is 1. The molecule has 0 heterocycles. The Kier molecular flexibility index (Phi) is 4.26. The summed E-state index contributed by atoms with van der Waals surface area (Å²) in [5.74, 6) is -1.01. The van der Waals surface area contributed by atoms with Crippen LogP contribution in [0.2, 0.25) is 0 Å². The maximum absolute atomic E-state index is 13.5. The molecule has 0 radical (unpaired) electrons. The van der Waals surface area contributed by atoms with E-state index in [0.29, 0.717) is 12.3 Å². The second kappa shape index (κ2) is 6.11. The zero-order valence-electron chi connectivity index (χ0n) is 10.5. The van der Waals surface area contributed by atoms with Crippen LogP contribution in [-0.2, 0) is 11.3 Å². The summed E-state index contributed by atoms with van der Waals surface area (Å²) in [6.45, 7) is 0.383. The summed E-state index contributed by atoms with van der Waals surface area (Å²) in [6, 6.07) is 13.1. The molecule has 0 saturated carbocycles. The smallest absolute Gasteiger partial charge is 0.258 e. The molecule has 0 atom stereocenters. The van der Waals surface area contributed by atoms with Gasteiger partial charge in [0, 0.05) is 18.4 Å². The van der Waals surface area contributed by atoms with Crippen LogP contribution in [0.25, 0.3) is 0 Å². The summed E-state index contributed by atoms with van der Waals surface area (Å²) in [5, 5.41) is 2.69. The Morgan fingerprint density at radius 3 is 2.58 bits per heavy atom. The van der Waals surface area contributed by atoms with Gasteiger partial charge in [-0.15, -0.1) is 0 Å². The summed E-state index contributed by atoms with van der Waals surface area (Å²) in [4.78, 5) is 12.0. The minimum atomic E-state index is -0.538. The first-order valence-corrected chi connectivity index (χ1v) is 5.85. The average Bonchev–Trinajstić information content (AvgIpc) is 2.41. The van der Waals surface area contributed by atoms with E-state index in [4.69, 9.17) is 4.74 Å². The lowest BCUT2D eigenvalue weighted by Gasteiger charge is -2.10. The van der Waals surface area contributed by atoms with Crippen LogP contribution in [0.4, 0.5) is 10.1 Å². The molecule has 0 saturated heterocycles. The number of carbonyl (C=O) groups excluding carboxylic acids is 1. The lowest BCUT2D eigenvalue weighted by molar-refractivity contribution is 0.102. The Morgan fingerprint density at radius 1 is 1.16 bits per heavy atom. The SMILES string of the molecule is COCc1ccccc1NC(=O)c1ccccc1F. The highest BCUT2D eigenvalue weighted by Gasteiger charge is 2.12. The van der Waals surface area contributed by atoms with Crippen molar-refractivity contribution in [2.24, 2.45) is 0 Å². The lowest BCUT2D eigenvalue weighted by atomic mass is 10.1. The molecule has 1 amide bonds. The number of benzene rings is 2. The van der Waals surface area contributed by atoms with Crippen LogP contribution >= 0.6 is 0 Å². The lowest BCUT2D eigenvalue weighted by Crippen LogP contribution is -2.15. The molecule has 3 nitrogen and oxygen atoms in total. The molecule has 98 valence electrons. The van der Waals surface area contributed by atoms with Gasteiger partial charge in [0.25, 0.3) is 5.91 Å². The van der Waals surface area contributed by atoms with Crippen LogP contribution in [0.1, 0.15) is 15.9 Å². The molecule has 0 unspecified atom stereocenters. The van der Waals surface area contributed by atoms with Crippen LogP contribution in [0.15, 0.2) is 48.5 Å². The van der Waals surface area contributed by atoms with Crippen molar-refractivity contribution in [3.8, 4) is 0 Å². The van der Waals surface area contributed by atoms with Gasteiger partial charge in [-0.2, -0.15) is 0 Å². The molecule has 1 N–H and O–H groups in total. The summed E-state index contributed by atoms with van der Waals surface area (Å²) in [5.41, 5.74) is 1.49. The topological polar surface area (TPSA) is 38.3 Å². The third kappa shape index (κ3) is 3.17. The van der Waals surface area contributed by atoms with Crippen LogP contribution in [0, 0.1) is 5.82 Å². The van der Waals surface area contributed by atoms with Crippen molar-refractivity contribution in [2.45, 2.75) is 6.61 Å². The largest absolute Gasteiger partial charge is 0.380 e. The van der Waals surface area contributed by atoms with Crippen molar-refractivity contribution in [3.63, 3.8) is 0 Å². The number of halogens is 1. The van der Waals surface area contributed by atoms with Crippen molar-refractivity contribution in [3.05, 3.63) is 65.5 Å². The average molecular weight is 259 g/mol. The van der Waals surface area contributed by atoms with Crippen molar-refractivity contribution in [1.29, 1.82) is 0 Å². The predicted octanol–water partition coefficient (Wildman–Crippen LogP) is 3.22. The van der Waals surface area contributed by atoms with Gasteiger partial charge in [0.15, 0.2) is 0 Å². The number of para-hydroxylation sites is 1. The second-order valence-electron chi connectivity index (χ2n) is 4.02. The maximum Gasteiger partial charge on any atom is 0.258 e. The van der Waals surface area contributed by atoms with Gasteiger partial charge in [0.2, 0.25) is 0 Å². The molecule has 0 fully saturated rings. The van der Waals surface area contributed by atoms with Gasteiger partial charge in [-0.25, -0.2) is 4.39 Å². The van der Waals surface area contributed by atoms with E-state index in [1.165, 1.54) is 12.1 Å². The first-order chi connectivity index (χ1) is 9.22. The molecule has 2 rings (SSSR count). The number of hydrogen-bond acceptors (Lipinski definition) is 2. The summed E-state index contributed by atoms with van der Waals surface area (Å²) in [6.07, 6.45) is 0. The molecule has 2 aromatic rings. The molecule has 4 heteroatoms. The number of anilines is 1. The van der Waals surface area contributed by atoms with E-state index in [-0.39, 0.29) is 5.56 Å². The summed E-state index contributed by atoms with van der Waals surface area (Å²) < 4.78 is 18.6. The molecule has 0 aliphatic rings. The van der Waals surface area contributed by atoms with E-state index in [9.17, 15) is 9.18 Å². The van der Waals surface area contributed by atoms with Crippen LogP contribution in [0.5, 0.6) is 0 Å². The minimum Gasteiger partial charge on any atom is -0.380 e. The third-order valence-electron chi connectivity index (χ3n) is 2.68. The highest BCUT2D eigenvalue weighted by Crippen LogP contribution is 2.17. The Morgan fingerprint density at radius 2 is 1.84 bits per heavy atom. The van der Waals surface area contributed by atoms with Crippen LogP contribution < -0.4 is 5.32 Å². The molecule has 0 bridgehead atoms. The van der Waals surface area contributed by atoms with Crippen molar-refractivity contribution in [2.75, 3.05) is 12.4 Å². The minimum absolute atomic E-state index is 0.0229. The Balaban J connectivity index is 2.22. The van der Waals surface area contributed by atoms with E-state index < -0.39 is 11.7 Å². The first kappa shape index (κ1) is 13.2. The third-order valence-corrected chi connectivity index (χ3v) is 2.68. The Labute approximate surface area is 111 Å². The van der Waals surface area contributed by atoms with Gasteiger partial charge in [-0.1, -0.05) is 30.3 Å². The number of methoxy groups -OCH3 is 1. The summed E-state index contributed by atoms with van der Waals surface area (Å²) in [7, 11) is 1.58. The van der Waals surface area contributed by atoms with Gasteiger partial charge in [-0.05, 0) is 18.2 Å². The van der Waals surface area contributed by atoms with Crippen molar-refractivity contribution in [1.82, 2.24) is 0 Å². The molecular weight excluding hydrogens is 245 g/mol. The van der Waals surface area contributed by atoms with Crippen LogP contribution in [-0.4, -0.2) is 13.0 Å². The number of rotatable bonds is 4. The quantitative estimate of drug-likeness (QED) is 0.915. The fourth-order valence-corrected chi connectivity index (χ4v) is 1.76. The Hall–Kier alpha value is -2.20. The van der Waals surface area contributed by atoms with Gasteiger partial charge < -0.3 is 10.1 Å². The normalized spacial score (nSPS) is 10.2. The molecule has 0 aliphatic heterocycles. The monoisotopic (exact) mass is 259 g/mol. The van der Waals surface area contributed by atoms with Gasteiger partial charge in [0.1, 0.15) is 5.82 Å². The zero-order valence-corrected chi connectivity index (χ0v) is 10.5. The fraction of sp³-hybridized carbons (Fsp3) is 0.133. The van der Waals surface area contributed by atoms with E-state index in [2.05, 4.69) is 5.32 Å². The first-order valence-electron chi connectivity index (χ1n) is 5.85. The van der Waals surface area contributed by atoms with Crippen molar-refractivity contribution >= 4 is 11.6 Å². The molecule has 0 aliphatic carbocycles. The standard InChI is InChI=1S/C15H14FNO2/c1-19-10-11-6-2-5-9-14(11)17-15(18)12-7-3-4-8-13(12)16/h2-9H,10H2,1H3,(H,17,18). The number of nitrogens with one attached hydrogen (secondary N) is 1. The number of ether oxygens (including phenoxy) is 1. The molecule has 2 aromatic carbocycles. The predicted molar refractivity (Wildman–Crippen MR) is 71.5 cm³/mol. The van der Waals surface area contributed by atoms with E-state index in [1.54, 1.807) is 31.4 Å². The van der Waals surface area contributed by atoms with E-state index >= 15 is 0 Å². The van der Waals surface area contributed by atoms with E-state index in [0.717, 1.165) is 5.56 Å². The number of hydrogen-bond donors (Lipinski definition) is 1. The highest BCUT2D eigenvalue weighted by atomic mass is 19.1. The fourth-order valence-electron chi connectivity index (χ4n) is 1.76. The van der Waals surface area contributed by atoms with E-state index in [1.807, 2.05) is 12.1 Å². The highest BCUT2D eigenvalue weighted by molar-refractivity contribution is 6.04. The van der Waals surface area contributed by atoms with Crippen LogP contribution in [0.3, 0.4) is 0 Å². The van der Waals surface area contributed by atoms with Crippen molar-refractivity contribution < 1.29 is 13.9 Å². The zero-order chi connectivity index (χ0) is 13.7. The molecular formula is C15H14FNO2. The maximum atomic E-state index is 13.5. The van der Waals surface area contributed by atoms with Gasteiger partial charge in [0.05, 0.1) is 12.2 Å².